The molecule has 6 rings (SSSR count). The number of rotatable bonds is 5. The number of nitrogens with one attached hydrogen (secondary N) is 2. The van der Waals surface area contributed by atoms with Crippen molar-refractivity contribution in [1.29, 1.82) is 0 Å². The number of aromatic nitrogens is 1. The molecular weight excluding hydrogens is 508 g/mol. The van der Waals surface area contributed by atoms with Crippen molar-refractivity contribution in [3.05, 3.63) is 66.2 Å². The second-order valence-electron chi connectivity index (χ2n) is 8.66. The van der Waals surface area contributed by atoms with Crippen LogP contribution in [0.2, 0.25) is 0 Å². The zero-order valence-electron chi connectivity index (χ0n) is 19.8. The Labute approximate surface area is 221 Å². The van der Waals surface area contributed by atoms with E-state index in [9.17, 15) is 9.59 Å². The number of amides is 2. The molecule has 10 heteroatoms. The summed E-state index contributed by atoms with van der Waals surface area (Å²) in [6.07, 6.45) is 0.0373. The lowest BCUT2D eigenvalue weighted by Crippen LogP contribution is -2.28. The number of aryl methyl sites for hydroxylation is 1. The number of amidine groups is 1. The van der Waals surface area contributed by atoms with Crippen LogP contribution in [-0.4, -0.2) is 40.4 Å². The Balaban J connectivity index is 1.07. The molecule has 2 aliphatic heterocycles. The maximum absolute atomic E-state index is 12.7. The minimum absolute atomic E-state index is 0.0373. The Morgan fingerprint density at radius 1 is 1.08 bits per heavy atom. The van der Waals surface area contributed by atoms with Crippen LogP contribution >= 0.6 is 23.1 Å². The number of anilines is 1. The van der Waals surface area contributed by atoms with Crippen molar-refractivity contribution in [1.82, 2.24) is 10.3 Å². The molecule has 1 atom stereocenters. The van der Waals surface area contributed by atoms with Crippen molar-refractivity contribution in [2.45, 2.75) is 18.6 Å². The molecule has 8 nitrogen and oxygen atoms in total. The van der Waals surface area contributed by atoms with Gasteiger partial charge in [0, 0.05) is 23.7 Å². The summed E-state index contributed by atoms with van der Waals surface area (Å²) in [5.41, 5.74) is 4.48. The molecule has 0 saturated carbocycles. The van der Waals surface area contributed by atoms with E-state index in [1.807, 2.05) is 30.3 Å². The summed E-state index contributed by atoms with van der Waals surface area (Å²) in [6, 6.07) is 19.2. The summed E-state index contributed by atoms with van der Waals surface area (Å²) in [7, 11) is 0. The second-order valence-corrected chi connectivity index (χ2v) is 10.9. The number of carbonyl (C=O) groups excluding carboxylic acids is 2. The van der Waals surface area contributed by atoms with E-state index in [1.165, 1.54) is 17.3 Å². The van der Waals surface area contributed by atoms with E-state index >= 15 is 0 Å². The van der Waals surface area contributed by atoms with Crippen molar-refractivity contribution in [2.75, 3.05) is 18.5 Å². The number of nitrogens with zero attached hydrogens (tertiary/aromatic N) is 2. The molecular formula is C27H22N4O4S2. The van der Waals surface area contributed by atoms with Gasteiger partial charge in [0.2, 0.25) is 11.8 Å². The number of aliphatic imine (C=N–C) groups is 1. The van der Waals surface area contributed by atoms with Gasteiger partial charge >= 0.3 is 0 Å². The number of thiazole rings is 1. The number of ether oxygens (including phenoxy) is 2. The molecule has 186 valence electrons. The van der Waals surface area contributed by atoms with Crippen LogP contribution in [-0.2, 0) is 9.59 Å². The fourth-order valence-electron chi connectivity index (χ4n) is 4.04. The van der Waals surface area contributed by atoms with Crippen LogP contribution in [0.1, 0.15) is 12.0 Å². The molecule has 3 heterocycles. The smallest absolute Gasteiger partial charge is 0.240 e. The predicted octanol–water partition coefficient (Wildman–Crippen LogP) is 5.29. The van der Waals surface area contributed by atoms with E-state index in [1.54, 1.807) is 29.5 Å². The first-order valence-corrected chi connectivity index (χ1v) is 13.4. The fourth-order valence-corrected chi connectivity index (χ4v) is 6.10. The first-order valence-electron chi connectivity index (χ1n) is 11.7. The average Bonchev–Trinajstić information content (AvgIpc) is 3.46. The number of thioether (sulfide) groups is 1. The fraction of sp³-hybridized carbons (Fsp3) is 0.185. The van der Waals surface area contributed by atoms with Crippen LogP contribution in [0, 0.1) is 6.92 Å². The molecule has 0 radical (unpaired) electrons. The average molecular weight is 531 g/mol. The van der Waals surface area contributed by atoms with Gasteiger partial charge in [-0.15, -0.1) is 11.3 Å². The number of fused-ring (bicyclic) bond motifs is 2. The first-order chi connectivity index (χ1) is 18.0. The van der Waals surface area contributed by atoms with Crippen LogP contribution in [0.5, 0.6) is 11.5 Å². The third kappa shape index (κ3) is 5.16. The number of benzene rings is 3. The summed E-state index contributed by atoms with van der Waals surface area (Å²) in [4.78, 5) is 34.3. The summed E-state index contributed by atoms with van der Waals surface area (Å²) in [5.74, 6) is 0.827. The molecule has 2 aliphatic rings. The van der Waals surface area contributed by atoms with E-state index in [0.29, 0.717) is 41.3 Å². The maximum Gasteiger partial charge on any atom is 0.240 e. The largest absolute Gasteiger partial charge is 0.486 e. The standard InChI is InChI=1S/C27H22N4O4S2/c1-15-2-8-19-22(12-15)36-26(30-19)16-3-5-17(6-4-16)28-24(32)14-23-25(33)31-27(37-23)29-18-7-9-20-21(13-18)35-11-10-34-20/h2-9,12-13,23H,10-11,14H2,1H3,(H,28,32)(H,29,31,33)/t23-/m0/s1. The van der Waals surface area contributed by atoms with Crippen molar-refractivity contribution in [3.8, 4) is 22.1 Å². The van der Waals surface area contributed by atoms with Gasteiger partial charge in [0.1, 0.15) is 23.5 Å². The molecule has 0 bridgehead atoms. The van der Waals surface area contributed by atoms with Gasteiger partial charge in [-0.1, -0.05) is 17.8 Å². The molecule has 37 heavy (non-hydrogen) atoms. The van der Waals surface area contributed by atoms with Gasteiger partial charge in [-0.25, -0.2) is 9.98 Å². The lowest BCUT2D eigenvalue weighted by Gasteiger charge is -2.18. The molecule has 0 aliphatic carbocycles. The van der Waals surface area contributed by atoms with Crippen LogP contribution in [0.25, 0.3) is 20.8 Å². The number of carbonyl (C=O) groups is 2. The summed E-state index contributed by atoms with van der Waals surface area (Å²) in [5, 5.41) is 6.47. The van der Waals surface area contributed by atoms with Gasteiger partial charge in [-0.3, -0.25) is 9.59 Å². The molecule has 2 N–H and O–H groups in total. The van der Waals surface area contributed by atoms with Crippen molar-refractivity contribution >= 4 is 61.7 Å². The van der Waals surface area contributed by atoms with Gasteiger partial charge in [0.15, 0.2) is 16.7 Å². The Morgan fingerprint density at radius 2 is 1.89 bits per heavy atom. The van der Waals surface area contributed by atoms with Gasteiger partial charge in [-0.05, 0) is 61.0 Å². The molecule has 1 saturated heterocycles. The van der Waals surface area contributed by atoms with E-state index < -0.39 is 5.25 Å². The zero-order valence-corrected chi connectivity index (χ0v) is 21.4. The summed E-state index contributed by atoms with van der Waals surface area (Å²) < 4.78 is 12.3. The van der Waals surface area contributed by atoms with Gasteiger partial charge in [0.05, 0.1) is 15.9 Å². The van der Waals surface area contributed by atoms with Gasteiger partial charge in [-0.2, -0.15) is 0 Å². The topological polar surface area (TPSA) is 102 Å². The van der Waals surface area contributed by atoms with E-state index in [0.717, 1.165) is 20.8 Å². The second kappa shape index (κ2) is 9.87. The Bertz CT molecular complexity index is 1550. The highest BCUT2D eigenvalue weighted by Gasteiger charge is 2.32. The van der Waals surface area contributed by atoms with Gasteiger partial charge in [0.25, 0.3) is 0 Å². The molecule has 0 unspecified atom stereocenters. The monoisotopic (exact) mass is 530 g/mol. The Hall–Kier alpha value is -3.89. The first kappa shape index (κ1) is 23.5. The van der Waals surface area contributed by atoms with Crippen LogP contribution in [0.15, 0.2) is 65.7 Å². The number of hydrogen-bond acceptors (Lipinski definition) is 8. The van der Waals surface area contributed by atoms with Crippen molar-refractivity contribution in [3.63, 3.8) is 0 Å². The molecule has 2 amide bonds. The van der Waals surface area contributed by atoms with E-state index in [4.69, 9.17) is 14.5 Å². The van der Waals surface area contributed by atoms with Crippen LogP contribution in [0.3, 0.4) is 0 Å². The van der Waals surface area contributed by atoms with E-state index in [2.05, 4.69) is 34.7 Å². The maximum atomic E-state index is 12.7. The Kier molecular flexibility index (Phi) is 6.27. The molecule has 1 aromatic heterocycles. The van der Waals surface area contributed by atoms with Crippen molar-refractivity contribution < 1.29 is 19.1 Å². The lowest BCUT2D eigenvalue weighted by atomic mass is 10.2. The van der Waals surface area contributed by atoms with Gasteiger partial charge < -0.3 is 20.1 Å². The molecule has 4 aromatic rings. The predicted molar refractivity (Wildman–Crippen MR) is 147 cm³/mol. The highest BCUT2D eigenvalue weighted by Crippen LogP contribution is 2.35. The molecule has 0 spiro atoms. The minimum Gasteiger partial charge on any atom is -0.486 e. The van der Waals surface area contributed by atoms with Crippen LogP contribution < -0.4 is 20.1 Å². The van der Waals surface area contributed by atoms with Crippen molar-refractivity contribution in [2.24, 2.45) is 4.99 Å². The normalized spacial score (nSPS) is 17.7. The molecule has 3 aromatic carbocycles. The minimum atomic E-state index is -0.554. The SMILES string of the molecule is Cc1ccc2nc(-c3ccc(NC(=O)C[C@@H]4SC(=Nc5ccc6c(c5)OCCO6)NC4=O)cc3)sc2c1. The third-order valence-corrected chi connectivity index (χ3v) is 8.01. The van der Waals surface area contributed by atoms with Crippen LogP contribution in [0.4, 0.5) is 11.4 Å². The summed E-state index contributed by atoms with van der Waals surface area (Å²) in [6.45, 7) is 3.07. The lowest BCUT2D eigenvalue weighted by molar-refractivity contribution is -0.122. The quantitative estimate of drug-likeness (QED) is 0.364. The third-order valence-electron chi connectivity index (χ3n) is 5.86. The highest BCUT2D eigenvalue weighted by molar-refractivity contribution is 8.15. The summed E-state index contributed by atoms with van der Waals surface area (Å²) >= 11 is 2.89. The van der Waals surface area contributed by atoms with E-state index in [-0.39, 0.29) is 18.2 Å². The number of hydrogen-bond donors (Lipinski definition) is 2. The Morgan fingerprint density at radius 3 is 2.73 bits per heavy atom. The molecule has 1 fully saturated rings. The zero-order chi connectivity index (χ0) is 25.4. The highest BCUT2D eigenvalue weighted by atomic mass is 32.2.